The molecule has 166 valence electrons. The first-order valence-corrected chi connectivity index (χ1v) is 12.6. The Labute approximate surface area is 193 Å². The van der Waals surface area contributed by atoms with Gasteiger partial charge in [-0.15, -0.1) is 11.8 Å². The van der Waals surface area contributed by atoms with Crippen LogP contribution in [0.3, 0.4) is 0 Å². The van der Waals surface area contributed by atoms with Gasteiger partial charge in [0.2, 0.25) is 0 Å². The maximum Gasteiger partial charge on any atom is 0.264 e. The summed E-state index contributed by atoms with van der Waals surface area (Å²) in [7, 11) is -3.95. The molecule has 0 spiro atoms. The third kappa shape index (κ3) is 5.77. The van der Waals surface area contributed by atoms with Gasteiger partial charge in [-0.3, -0.25) is 9.10 Å². The molecular formula is C24H25N3O3S2. The molecule has 3 aromatic carbocycles. The van der Waals surface area contributed by atoms with E-state index in [1.807, 2.05) is 50.4 Å². The van der Waals surface area contributed by atoms with Crippen molar-refractivity contribution in [1.29, 1.82) is 0 Å². The Hall–Kier alpha value is -3.10. The second kappa shape index (κ2) is 10.5. The molecule has 0 saturated carbocycles. The van der Waals surface area contributed by atoms with Crippen molar-refractivity contribution < 1.29 is 13.2 Å². The molecule has 0 aliphatic carbocycles. The Morgan fingerprint density at radius 1 is 1.00 bits per heavy atom. The first-order chi connectivity index (χ1) is 15.3. The second-order valence-corrected chi connectivity index (χ2v) is 9.90. The van der Waals surface area contributed by atoms with E-state index in [1.165, 1.54) is 18.3 Å². The third-order valence-corrected chi connectivity index (χ3v) is 7.45. The van der Waals surface area contributed by atoms with E-state index in [0.717, 1.165) is 25.9 Å². The summed E-state index contributed by atoms with van der Waals surface area (Å²) in [5, 5.41) is 3.98. The quantitative estimate of drug-likeness (QED) is 0.303. The van der Waals surface area contributed by atoms with Crippen LogP contribution in [-0.4, -0.2) is 33.3 Å². The number of hydrazone groups is 1. The van der Waals surface area contributed by atoms with E-state index in [9.17, 15) is 13.2 Å². The number of nitrogens with zero attached hydrogens (tertiary/aromatic N) is 2. The van der Waals surface area contributed by atoms with E-state index in [1.54, 1.807) is 42.1 Å². The molecule has 1 amide bonds. The van der Waals surface area contributed by atoms with Gasteiger partial charge in [0.05, 0.1) is 16.8 Å². The van der Waals surface area contributed by atoms with E-state index in [-0.39, 0.29) is 4.90 Å². The molecule has 0 radical (unpaired) electrons. The van der Waals surface area contributed by atoms with Gasteiger partial charge in [-0.1, -0.05) is 36.4 Å². The molecule has 1 N–H and O–H groups in total. The highest BCUT2D eigenvalue weighted by Gasteiger charge is 2.27. The summed E-state index contributed by atoms with van der Waals surface area (Å²) in [6.07, 6.45) is 3.52. The molecule has 6 nitrogen and oxygen atoms in total. The highest BCUT2D eigenvalue weighted by molar-refractivity contribution is 7.98. The van der Waals surface area contributed by atoms with Crippen molar-refractivity contribution in [2.75, 3.05) is 17.1 Å². The molecular weight excluding hydrogens is 442 g/mol. The normalized spacial score (nSPS) is 11.5. The molecule has 0 aliphatic heterocycles. The number of carbonyl (C=O) groups excluding carboxylic acids is 1. The van der Waals surface area contributed by atoms with Crippen LogP contribution in [0.5, 0.6) is 0 Å². The summed E-state index contributed by atoms with van der Waals surface area (Å²) in [6, 6.07) is 21.1. The Balaban J connectivity index is 1.82. The van der Waals surface area contributed by atoms with Crippen molar-refractivity contribution in [2.45, 2.75) is 23.6 Å². The van der Waals surface area contributed by atoms with Crippen LogP contribution in [0.4, 0.5) is 5.69 Å². The molecule has 3 aromatic rings. The summed E-state index contributed by atoms with van der Waals surface area (Å²) in [5.74, 6) is -0.542. The van der Waals surface area contributed by atoms with Crippen molar-refractivity contribution in [3.05, 3.63) is 89.5 Å². The molecule has 32 heavy (non-hydrogen) atoms. The van der Waals surface area contributed by atoms with Crippen molar-refractivity contribution >= 4 is 39.6 Å². The van der Waals surface area contributed by atoms with Crippen molar-refractivity contribution in [3.63, 3.8) is 0 Å². The number of sulfonamides is 1. The summed E-state index contributed by atoms with van der Waals surface area (Å²) in [5.41, 5.74) is 5.64. The van der Waals surface area contributed by atoms with Crippen LogP contribution in [0, 0.1) is 13.8 Å². The molecule has 3 rings (SSSR count). The fourth-order valence-corrected chi connectivity index (χ4v) is 4.79. The lowest BCUT2D eigenvalue weighted by Crippen LogP contribution is -2.39. The van der Waals surface area contributed by atoms with Gasteiger partial charge in [0.25, 0.3) is 15.9 Å². The molecule has 8 heteroatoms. The molecule has 0 unspecified atom stereocenters. The van der Waals surface area contributed by atoms with Crippen molar-refractivity contribution in [2.24, 2.45) is 5.10 Å². The molecule has 0 heterocycles. The number of hydrogen-bond donors (Lipinski definition) is 1. The maximum absolute atomic E-state index is 13.3. The minimum Gasteiger partial charge on any atom is -0.271 e. The number of amides is 1. The smallest absolute Gasteiger partial charge is 0.264 e. The number of anilines is 1. The van der Waals surface area contributed by atoms with Gasteiger partial charge in [-0.25, -0.2) is 13.8 Å². The van der Waals surface area contributed by atoms with Crippen LogP contribution in [0.1, 0.15) is 16.7 Å². The zero-order chi connectivity index (χ0) is 23.1. The molecule has 0 bridgehead atoms. The average molecular weight is 468 g/mol. The highest BCUT2D eigenvalue weighted by Crippen LogP contribution is 2.25. The lowest BCUT2D eigenvalue weighted by Gasteiger charge is -2.24. The van der Waals surface area contributed by atoms with Crippen LogP contribution in [0.2, 0.25) is 0 Å². The number of hydrogen-bond acceptors (Lipinski definition) is 5. The largest absolute Gasteiger partial charge is 0.271 e. The molecule has 0 aromatic heterocycles. The fourth-order valence-electron chi connectivity index (χ4n) is 2.95. The summed E-state index contributed by atoms with van der Waals surface area (Å²) in [4.78, 5) is 13.9. The van der Waals surface area contributed by atoms with Gasteiger partial charge in [0.1, 0.15) is 6.54 Å². The van der Waals surface area contributed by atoms with Gasteiger partial charge in [-0.05, 0) is 73.2 Å². The van der Waals surface area contributed by atoms with Gasteiger partial charge in [0, 0.05) is 4.90 Å². The molecule has 0 aliphatic rings. The van der Waals surface area contributed by atoms with Crippen LogP contribution in [0.15, 0.2) is 87.7 Å². The highest BCUT2D eigenvalue weighted by atomic mass is 32.2. The topological polar surface area (TPSA) is 78.8 Å². The van der Waals surface area contributed by atoms with E-state index in [2.05, 4.69) is 10.5 Å². The monoisotopic (exact) mass is 467 g/mol. The van der Waals surface area contributed by atoms with Gasteiger partial charge in [0.15, 0.2) is 0 Å². The van der Waals surface area contributed by atoms with Gasteiger partial charge >= 0.3 is 0 Å². The lowest BCUT2D eigenvalue weighted by molar-refractivity contribution is -0.119. The molecule has 0 atom stereocenters. The van der Waals surface area contributed by atoms with Gasteiger partial charge < -0.3 is 0 Å². The van der Waals surface area contributed by atoms with Crippen LogP contribution >= 0.6 is 11.8 Å². The minimum absolute atomic E-state index is 0.114. The number of aryl methyl sites for hydroxylation is 2. The Bertz CT molecular complexity index is 1210. The van der Waals surface area contributed by atoms with Gasteiger partial charge in [-0.2, -0.15) is 5.10 Å². The zero-order valence-corrected chi connectivity index (χ0v) is 19.8. The SMILES string of the molecule is CSc1ccc(/C=N\NC(=O)CN(c2ccc(C)c(C)c2)S(=O)(=O)c2ccccc2)cc1. The number of nitrogens with one attached hydrogen (secondary N) is 1. The number of rotatable bonds is 8. The van der Waals surface area contributed by atoms with E-state index >= 15 is 0 Å². The van der Waals surface area contributed by atoms with Crippen molar-refractivity contribution in [1.82, 2.24) is 5.43 Å². The summed E-state index contributed by atoms with van der Waals surface area (Å²) < 4.78 is 27.8. The Morgan fingerprint density at radius 3 is 2.31 bits per heavy atom. The predicted octanol–water partition coefficient (Wildman–Crippen LogP) is 4.37. The van der Waals surface area contributed by atoms with E-state index < -0.39 is 22.5 Å². The summed E-state index contributed by atoms with van der Waals surface area (Å²) >= 11 is 1.64. The van der Waals surface area contributed by atoms with Crippen LogP contribution in [0.25, 0.3) is 0 Å². The fraction of sp³-hybridized carbons (Fsp3) is 0.167. The molecule has 0 fully saturated rings. The second-order valence-electron chi connectivity index (χ2n) is 7.16. The minimum atomic E-state index is -3.95. The maximum atomic E-state index is 13.3. The summed E-state index contributed by atoms with van der Waals surface area (Å²) in [6.45, 7) is 3.45. The standard InChI is InChI=1S/C24H25N3O3S2/c1-18-9-12-21(15-19(18)2)27(32(29,30)23-7-5-4-6-8-23)17-24(28)26-25-16-20-10-13-22(31-3)14-11-20/h4-16H,17H2,1-3H3,(H,26,28)/b25-16-. The molecule has 0 saturated heterocycles. The third-order valence-electron chi connectivity index (χ3n) is 4.92. The number of carbonyl (C=O) groups is 1. The van der Waals surface area contributed by atoms with E-state index in [4.69, 9.17) is 0 Å². The van der Waals surface area contributed by atoms with Crippen molar-refractivity contribution in [3.8, 4) is 0 Å². The van der Waals surface area contributed by atoms with Crippen LogP contribution < -0.4 is 9.73 Å². The zero-order valence-electron chi connectivity index (χ0n) is 18.1. The first-order valence-electron chi connectivity index (χ1n) is 9.92. The van der Waals surface area contributed by atoms with E-state index in [0.29, 0.717) is 5.69 Å². The average Bonchev–Trinajstić information content (AvgIpc) is 2.80. The predicted molar refractivity (Wildman–Crippen MR) is 131 cm³/mol. The first kappa shape index (κ1) is 23.6. The number of benzene rings is 3. The number of thioether (sulfide) groups is 1. The lowest BCUT2D eigenvalue weighted by atomic mass is 10.1. The van der Waals surface area contributed by atoms with Crippen LogP contribution in [-0.2, 0) is 14.8 Å². The Kier molecular flexibility index (Phi) is 7.71. The Morgan fingerprint density at radius 2 is 1.69 bits per heavy atom.